The van der Waals surface area contributed by atoms with E-state index in [4.69, 9.17) is 15.3 Å². The number of nitrogens with two attached hydrogens (primary N) is 1. The van der Waals surface area contributed by atoms with Gasteiger partial charge in [-0.2, -0.15) is 0 Å². The van der Waals surface area contributed by atoms with Gasteiger partial charge in [0.1, 0.15) is 11.6 Å². The molecule has 0 unspecified atom stereocenters. The molecule has 4 aromatic rings. The maximum Gasteiger partial charge on any atom is 0.219 e. The number of hydrogen-bond acceptors (Lipinski definition) is 6. The van der Waals surface area contributed by atoms with Gasteiger partial charge in [0.05, 0.1) is 10.7 Å². The minimum Gasteiger partial charge on any atom is -0.439 e. The van der Waals surface area contributed by atoms with Crippen molar-refractivity contribution in [2.75, 3.05) is 0 Å². The Morgan fingerprint density at radius 2 is 1.84 bits per heavy atom. The van der Waals surface area contributed by atoms with Crippen molar-refractivity contribution in [3.8, 4) is 11.6 Å². The third-order valence-electron chi connectivity index (χ3n) is 4.24. The predicted octanol–water partition coefficient (Wildman–Crippen LogP) is 4.90. The average molecular weight is 434 g/mol. The summed E-state index contributed by atoms with van der Waals surface area (Å²) in [6.07, 6.45) is 2.32. The lowest BCUT2D eigenvalue weighted by Gasteiger charge is -2.05. The smallest absolute Gasteiger partial charge is 0.219 e. The number of hydrogen-bond donors (Lipinski definition) is 1. The molecular weight excluding hydrogens is 415 g/mol. The van der Waals surface area contributed by atoms with E-state index in [-0.39, 0.29) is 18.3 Å². The third-order valence-corrected chi connectivity index (χ3v) is 5.14. The summed E-state index contributed by atoms with van der Waals surface area (Å²) in [5, 5.41) is 6.91. The van der Waals surface area contributed by atoms with E-state index < -0.39 is 0 Å². The van der Waals surface area contributed by atoms with E-state index in [0.29, 0.717) is 17.2 Å². The SMILES string of the molecule is N/C(=N/OCc1csc(Cc2ccccc2)n1)c1ccc(Oc2ccc(F)cc2)nc1. The second-order valence-electron chi connectivity index (χ2n) is 6.59. The topological polar surface area (TPSA) is 82.6 Å². The zero-order valence-corrected chi connectivity index (χ0v) is 17.3. The molecule has 2 heterocycles. The summed E-state index contributed by atoms with van der Waals surface area (Å²) in [5.41, 5.74) is 8.58. The molecule has 2 aromatic heterocycles. The quantitative estimate of drug-likeness (QED) is 0.242. The Hall–Kier alpha value is -3.78. The van der Waals surface area contributed by atoms with Crippen molar-refractivity contribution in [2.45, 2.75) is 13.0 Å². The molecule has 31 heavy (non-hydrogen) atoms. The first-order valence-corrected chi connectivity index (χ1v) is 10.4. The first-order chi connectivity index (χ1) is 15.2. The van der Waals surface area contributed by atoms with Crippen molar-refractivity contribution in [3.05, 3.63) is 106 Å². The number of pyridine rings is 1. The number of rotatable bonds is 8. The van der Waals surface area contributed by atoms with Gasteiger partial charge in [-0.15, -0.1) is 11.3 Å². The van der Waals surface area contributed by atoms with Gasteiger partial charge in [-0.3, -0.25) is 0 Å². The summed E-state index contributed by atoms with van der Waals surface area (Å²) in [6, 6.07) is 19.2. The summed E-state index contributed by atoms with van der Waals surface area (Å²) < 4.78 is 18.5. The molecule has 0 spiro atoms. The van der Waals surface area contributed by atoms with Gasteiger partial charge in [-0.05, 0) is 35.9 Å². The number of thiazole rings is 1. The summed E-state index contributed by atoms with van der Waals surface area (Å²) >= 11 is 1.59. The van der Waals surface area contributed by atoms with E-state index in [0.717, 1.165) is 17.1 Å². The second kappa shape index (κ2) is 9.82. The normalized spacial score (nSPS) is 11.3. The second-order valence-corrected chi connectivity index (χ2v) is 7.53. The molecule has 2 N–H and O–H groups in total. The van der Waals surface area contributed by atoms with Crippen LogP contribution in [0.5, 0.6) is 11.6 Å². The number of benzene rings is 2. The predicted molar refractivity (Wildman–Crippen MR) is 118 cm³/mol. The Labute approximate surface area is 182 Å². The van der Waals surface area contributed by atoms with E-state index in [1.165, 1.54) is 36.0 Å². The first kappa shape index (κ1) is 20.5. The number of aromatic nitrogens is 2. The molecule has 8 heteroatoms. The maximum atomic E-state index is 13.0. The van der Waals surface area contributed by atoms with E-state index >= 15 is 0 Å². The minimum atomic E-state index is -0.329. The van der Waals surface area contributed by atoms with Gasteiger partial charge in [0.25, 0.3) is 0 Å². The van der Waals surface area contributed by atoms with Crippen LogP contribution in [0.1, 0.15) is 21.8 Å². The van der Waals surface area contributed by atoms with Crippen LogP contribution in [0, 0.1) is 5.82 Å². The highest BCUT2D eigenvalue weighted by molar-refractivity contribution is 7.09. The van der Waals surface area contributed by atoms with Gasteiger partial charge in [-0.1, -0.05) is 35.5 Å². The number of amidine groups is 1. The standard InChI is InChI=1S/C23H19FN4O2S/c24-18-7-9-20(10-8-18)30-21-11-6-17(13-26-21)23(25)28-29-14-19-15-31-22(27-19)12-16-4-2-1-3-5-16/h1-11,13,15H,12,14H2,(H2,25,28). The van der Waals surface area contributed by atoms with E-state index in [9.17, 15) is 4.39 Å². The highest BCUT2D eigenvalue weighted by Gasteiger charge is 2.06. The molecule has 4 rings (SSSR count). The molecule has 0 saturated heterocycles. The first-order valence-electron chi connectivity index (χ1n) is 9.48. The molecule has 156 valence electrons. The van der Waals surface area contributed by atoms with Crippen LogP contribution >= 0.6 is 11.3 Å². The lowest BCUT2D eigenvalue weighted by molar-refractivity contribution is 0.128. The van der Waals surface area contributed by atoms with Crippen LogP contribution in [0.3, 0.4) is 0 Å². The molecule has 0 aliphatic rings. The molecule has 0 aliphatic heterocycles. The van der Waals surface area contributed by atoms with Crippen LogP contribution < -0.4 is 10.5 Å². The Morgan fingerprint density at radius 1 is 1.03 bits per heavy atom. The van der Waals surface area contributed by atoms with Crippen LogP contribution in [0.25, 0.3) is 0 Å². The van der Waals surface area contributed by atoms with Crippen molar-refractivity contribution >= 4 is 17.2 Å². The number of halogens is 1. The lowest BCUT2D eigenvalue weighted by atomic mass is 10.2. The lowest BCUT2D eigenvalue weighted by Crippen LogP contribution is -2.14. The van der Waals surface area contributed by atoms with Crippen molar-refractivity contribution in [3.63, 3.8) is 0 Å². The fraction of sp³-hybridized carbons (Fsp3) is 0.0870. The zero-order chi connectivity index (χ0) is 21.5. The van der Waals surface area contributed by atoms with Crippen molar-refractivity contribution in [1.29, 1.82) is 0 Å². The van der Waals surface area contributed by atoms with E-state index in [1.807, 2.05) is 23.6 Å². The van der Waals surface area contributed by atoms with Gasteiger partial charge in [0.15, 0.2) is 12.4 Å². The Balaban J connectivity index is 1.30. The Morgan fingerprint density at radius 3 is 2.58 bits per heavy atom. The van der Waals surface area contributed by atoms with Crippen LogP contribution in [0.4, 0.5) is 4.39 Å². The monoisotopic (exact) mass is 434 g/mol. The molecule has 2 aromatic carbocycles. The molecule has 0 bridgehead atoms. The zero-order valence-electron chi connectivity index (χ0n) is 16.4. The van der Waals surface area contributed by atoms with E-state index in [2.05, 4.69) is 27.3 Å². The van der Waals surface area contributed by atoms with Crippen LogP contribution in [0.15, 0.2) is 83.5 Å². The molecule has 0 atom stereocenters. The fourth-order valence-electron chi connectivity index (χ4n) is 2.70. The van der Waals surface area contributed by atoms with Gasteiger partial charge in [0.2, 0.25) is 5.88 Å². The molecule has 0 fully saturated rings. The van der Waals surface area contributed by atoms with Crippen LogP contribution in [0.2, 0.25) is 0 Å². The molecule has 0 amide bonds. The van der Waals surface area contributed by atoms with Crippen LogP contribution in [-0.2, 0) is 17.9 Å². The van der Waals surface area contributed by atoms with Crippen molar-refractivity contribution in [1.82, 2.24) is 9.97 Å². The molecule has 6 nitrogen and oxygen atoms in total. The maximum absolute atomic E-state index is 13.0. The number of oxime groups is 1. The van der Waals surface area contributed by atoms with Crippen molar-refractivity contribution < 1.29 is 14.0 Å². The largest absolute Gasteiger partial charge is 0.439 e. The number of ether oxygens (including phenoxy) is 1. The number of nitrogens with zero attached hydrogens (tertiary/aromatic N) is 3. The van der Waals surface area contributed by atoms with Crippen molar-refractivity contribution in [2.24, 2.45) is 10.9 Å². The Kier molecular flexibility index (Phi) is 6.49. The summed E-state index contributed by atoms with van der Waals surface area (Å²) in [4.78, 5) is 14.1. The van der Waals surface area contributed by atoms with Gasteiger partial charge < -0.3 is 15.3 Å². The molecule has 0 saturated carbocycles. The third kappa shape index (κ3) is 5.86. The minimum absolute atomic E-state index is 0.195. The Bertz CT molecular complexity index is 1150. The van der Waals surface area contributed by atoms with Gasteiger partial charge in [-0.25, -0.2) is 14.4 Å². The van der Waals surface area contributed by atoms with E-state index in [1.54, 1.807) is 23.5 Å². The highest BCUT2D eigenvalue weighted by atomic mass is 32.1. The van der Waals surface area contributed by atoms with Gasteiger partial charge >= 0.3 is 0 Å². The molecule has 0 aliphatic carbocycles. The molecular formula is C23H19FN4O2S. The van der Waals surface area contributed by atoms with Gasteiger partial charge in [0, 0.05) is 29.6 Å². The average Bonchev–Trinajstić information content (AvgIpc) is 3.23. The summed E-state index contributed by atoms with van der Waals surface area (Å²) in [7, 11) is 0. The summed E-state index contributed by atoms with van der Waals surface area (Å²) in [5.74, 6) is 0.712. The summed E-state index contributed by atoms with van der Waals surface area (Å²) in [6.45, 7) is 0.227. The molecule has 0 radical (unpaired) electrons. The highest BCUT2D eigenvalue weighted by Crippen LogP contribution is 2.20. The fourth-order valence-corrected chi connectivity index (χ4v) is 3.52. The van der Waals surface area contributed by atoms with Crippen LogP contribution in [-0.4, -0.2) is 15.8 Å².